The number of primary amides is 1. The van der Waals surface area contributed by atoms with Gasteiger partial charge >= 0.3 is 0 Å². The third kappa shape index (κ3) is 3.40. The van der Waals surface area contributed by atoms with Gasteiger partial charge in [-0.15, -0.1) is 0 Å². The van der Waals surface area contributed by atoms with Crippen LogP contribution >= 0.6 is 0 Å². The number of amidine groups is 1. The predicted molar refractivity (Wildman–Crippen MR) is 111 cm³/mol. The minimum atomic E-state index is -2.26. The Morgan fingerprint density at radius 3 is 2.50 bits per heavy atom. The lowest BCUT2D eigenvalue weighted by Gasteiger charge is -2.37. The van der Waals surface area contributed by atoms with Crippen molar-refractivity contribution in [2.75, 3.05) is 18.1 Å². The summed E-state index contributed by atoms with van der Waals surface area (Å²) in [4.78, 5) is 25.5. The van der Waals surface area contributed by atoms with Crippen molar-refractivity contribution in [2.24, 2.45) is 11.5 Å². The van der Waals surface area contributed by atoms with Gasteiger partial charge in [-0.2, -0.15) is 0 Å². The van der Waals surface area contributed by atoms with Crippen molar-refractivity contribution in [3.63, 3.8) is 0 Å². The lowest BCUT2D eigenvalue weighted by atomic mass is 10.1. The molecule has 4 rings (SSSR count). The fraction of sp³-hybridized carbons (Fsp3) is 0.190. The first-order valence-electron chi connectivity index (χ1n) is 9.31. The number of aliphatic hydroxyl groups is 1. The molecular formula is C21H21N5O4. The number of amides is 2. The summed E-state index contributed by atoms with van der Waals surface area (Å²) in [6.45, 7) is 0.306. The van der Waals surface area contributed by atoms with Gasteiger partial charge in [-0.25, -0.2) is 0 Å². The molecule has 0 saturated carbocycles. The van der Waals surface area contributed by atoms with Crippen LogP contribution in [0.3, 0.4) is 0 Å². The summed E-state index contributed by atoms with van der Waals surface area (Å²) in [7, 11) is 0. The Bertz CT molecular complexity index is 1150. The first-order valence-corrected chi connectivity index (χ1v) is 9.31. The Morgan fingerprint density at radius 1 is 1.13 bits per heavy atom. The average Bonchev–Trinajstić information content (AvgIpc) is 3.13. The number of fused-ring (bicyclic) bond motifs is 1. The van der Waals surface area contributed by atoms with E-state index in [1.54, 1.807) is 18.2 Å². The van der Waals surface area contributed by atoms with Crippen LogP contribution in [-0.4, -0.2) is 46.3 Å². The summed E-state index contributed by atoms with van der Waals surface area (Å²) in [5.41, 5.74) is 13.6. The Labute approximate surface area is 171 Å². The molecule has 1 aliphatic rings. The van der Waals surface area contributed by atoms with E-state index in [1.807, 2.05) is 41.1 Å². The van der Waals surface area contributed by atoms with Gasteiger partial charge in [0.05, 0.1) is 18.5 Å². The third-order valence-electron chi connectivity index (χ3n) is 5.09. The van der Waals surface area contributed by atoms with Crippen LogP contribution in [0, 0.1) is 5.41 Å². The maximum absolute atomic E-state index is 12.8. The van der Waals surface area contributed by atoms with Crippen LogP contribution in [0.2, 0.25) is 0 Å². The van der Waals surface area contributed by atoms with Crippen LogP contribution in [0.4, 0.5) is 5.69 Å². The zero-order valence-corrected chi connectivity index (χ0v) is 16.0. The van der Waals surface area contributed by atoms with Crippen LogP contribution in [0.1, 0.15) is 12.0 Å². The number of benzene rings is 2. The molecule has 0 aliphatic carbocycles. The van der Waals surface area contributed by atoms with Crippen molar-refractivity contribution in [3.05, 3.63) is 60.3 Å². The molecular weight excluding hydrogens is 386 g/mol. The molecule has 154 valence electrons. The molecule has 1 aromatic heterocycles. The maximum atomic E-state index is 12.8. The molecule has 1 aliphatic heterocycles. The lowest BCUT2D eigenvalue weighted by Crippen LogP contribution is -2.58. The number of hydrogen-bond donors (Lipinski definition) is 4. The fourth-order valence-corrected chi connectivity index (χ4v) is 3.60. The van der Waals surface area contributed by atoms with Gasteiger partial charge in [0, 0.05) is 35.1 Å². The molecule has 9 heteroatoms. The molecule has 1 atom stereocenters. The van der Waals surface area contributed by atoms with Crippen molar-refractivity contribution in [1.29, 1.82) is 5.41 Å². The highest BCUT2D eigenvalue weighted by atomic mass is 16.6. The summed E-state index contributed by atoms with van der Waals surface area (Å²) in [5, 5.41) is 19.0. The zero-order chi connectivity index (χ0) is 21.5. The van der Waals surface area contributed by atoms with Crippen LogP contribution in [0.5, 0.6) is 0 Å². The van der Waals surface area contributed by atoms with Crippen LogP contribution in [-0.2, 0) is 14.3 Å². The molecule has 0 spiro atoms. The Balaban J connectivity index is 1.71. The number of carbonyl (C=O) groups is 2. The predicted octanol–water partition coefficient (Wildman–Crippen LogP) is 0.842. The van der Waals surface area contributed by atoms with Gasteiger partial charge < -0.3 is 30.8 Å². The number of morpholine rings is 1. The van der Waals surface area contributed by atoms with E-state index >= 15 is 0 Å². The smallest absolute Gasteiger partial charge is 0.287 e. The van der Waals surface area contributed by atoms with E-state index in [0.29, 0.717) is 11.3 Å². The molecule has 2 amide bonds. The number of aromatic nitrogens is 1. The van der Waals surface area contributed by atoms with Crippen LogP contribution in [0.25, 0.3) is 16.6 Å². The molecule has 0 bridgehead atoms. The highest BCUT2D eigenvalue weighted by Crippen LogP contribution is 2.30. The Hall–Kier alpha value is -3.69. The molecule has 0 radical (unpaired) electrons. The van der Waals surface area contributed by atoms with E-state index in [4.69, 9.17) is 21.6 Å². The topological polar surface area (TPSA) is 148 Å². The lowest BCUT2D eigenvalue weighted by molar-refractivity contribution is -0.214. The van der Waals surface area contributed by atoms with E-state index in [9.17, 15) is 14.7 Å². The van der Waals surface area contributed by atoms with Gasteiger partial charge in [0.1, 0.15) is 5.84 Å². The highest BCUT2D eigenvalue weighted by Gasteiger charge is 2.45. The molecule has 3 aromatic rings. The number of nitrogens with one attached hydrogen (secondary N) is 1. The van der Waals surface area contributed by atoms with E-state index in [0.717, 1.165) is 16.6 Å². The fourth-order valence-electron chi connectivity index (χ4n) is 3.60. The molecule has 0 unspecified atom stereocenters. The largest absolute Gasteiger partial charge is 0.384 e. The number of ether oxygens (including phenoxy) is 1. The third-order valence-corrected chi connectivity index (χ3v) is 5.09. The number of nitrogens with zero attached hydrogens (tertiary/aromatic N) is 2. The van der Waals surface area contributed by atoms with E-state index in [-0.39, 0.29) is 19.0 Å². The Morgan fingerprint density at radius 2 is 1.83 bits per heavy atom. The quantitative estimate of drug-likeness (QED) is 0.365. The summed E-state index contributed by atoms with van der Waals surface area (Å²) < 4.78 is 7.11. The average molecular weight is 407 g/mol. The Kier molecular flexibility index (Phi) is 4.76. The number of carbonyl (C=O) groups excluding carboxylic acids is 2. The second kappa shape index (κ2) is 7.29. The molecule has 2 aromatic carbocycles. The van der Waals surface area contributed by atoms with Crippen molar-refractivity contribution in [3.8, 4) is 5.69 Å². The molecule has 9 nitrogen and oxygen atoms in total. The van der Waals surface area contributed by atoms with Gasteiger partial charge in [-0.1, -0.05) is 6.07 Å². The molecule has 30 heavy (non-hydrogen) atoms. The van der Waals surface area contributed by atoms with Crippen LogP contribution < -0.4 is 16.4 Å². The first kappa shape index (κ1) is 19.6. The minimum Gasteiger partial charge on any atom is -0.384 e. The van der Waals surface area contributed by atoms with Gasteiger partial charge in [0.2, 0.25) is 5.91 Å². The van der Waals surface area contributed by atoms with Gasteiger partial charge in [-0.3, -0.25) is 15.0 Å². The summed E-state index contributed by atoms with van der Waals surface area (Å²) >= 11 is 0. The van der Waals surface area contributed by atoms with Crippen molar-refractivity contribution in [1.82, 2.24) is 4.57 Å². The van der Waals surface area contributed by atoms with Crippen molar-refractivity contribution >= 4 is 34.2 Å². The maximum Gasteiger partial charge on any atom is 0.287 e. The standard InChI is InChI=1S/C21H21N5O4/c22-18(27)12-21(29)20(28)26(9-10-30-21)16-6-1-13-7-8-25(17(13)11-16)15-4-2-14(3-5-15)19(23)24/h1-8,11,29H,9-10,12H2,(H2,22,27)(H3,23,24)/t21-/m1/s1. The molecule has 1 saturated heterocycles. The van der Waals surface area contributed by atoms with Gasteiger partial charge in [0.25, 0.3) is 11.7 Å². The van der Waals surface area contributed by atoms with E-state index < -0.39 is 24.0 Å². The summed E-state index contributed by atoms with van der Waals surface area (Å²) in [6.07, 6.45) is 1.30. The second-order valence-corrected chi connectivity index (χ2v) is 7.12. The number of anilines is 1. The highest BCUT2D eigenvalue weighted by molar-refractivity contribution is 6.02. The van der Waals surface area contributed by atoms with Gasteiger partial charge in [0.15, 0.2) is 0 Å². The van der Waals surface area contributed by atoms with Crippen molar-refractivity contribution < 1.29 is 19.4 Å². The monoisotopic (exact) mass is 407 g/mol. The van der Waals surface area contributed by atoms with Gasteiger partial charge in [-0.05, 0) is 42.5 Å². The van der Waals surface area contributed by atoms with E-state index in [1.165, 1.54) is 4.90 Å². The second-order valence-electron chi connectivity index (χ2n) is 7.12. The first-order chi connectivity index (χ1) is 14.3. The number of hydrogen-bond acceptors (Lipinski definition) is 5. The van der Waals surface area contributed by atoms with E-state index in [2.05, 4.69) is 0 Å². The van der Waals surface area contributed by atoms with Crippen molar-refractivity contribution in [2.45, 2.75) is 12.2 Å². The van der Waals surface area contributed by atoms with Crippen LogP contribution in [0.15, 0.2) is 54.7 Å². The molecule has 2 heterocycles. The minimum absolute atomic E-state index is 0.00419. The normalized spacial score (nSPS) is 19.2. The summed E-state index contributed by atoms with van der Waals surface area (Å²) in [5.74, 6) is -3.82. The molecule has 6 N–H and O–H groups in total. The number of nitrogens with two attached hydrogens (primary N) is 2. The number of nitrogen functional groups attached to an aromatic ring is 1. The molecule has 1 fully saturated rings. The summed E-state index contributed by atoms with van der Waals surface area (Å²) in [6, 6.07) is 14.7. The SMILES string of the molecule is N=C(N)c1ccc(-n2ccc3ccc(N4CCO[C@](O)(CC(N)=O)C4=O)cc32)cc1. The zero-order valence-electron chi connectivity index (χ0n) is 16.0. The number of rotatable bonds is 5.